The van der Waals surface area contributed by atoms with Crippen LogP contribution in [0.5, 0.6) is 0 Å². The monoisotopic (exact) mass is 428 g/mol. The van der Waals surface area contributed by atoms with Crippen molar-refractivity contribution >= 4 is 33.4 Å². The van der Waals surface area contributed by atoms with Crippen molar-refractivity contribution < 1.29 is 9.59 Å². The van der Waals surface area contributed by atoms with Gasteiger partial charge in [0, 0.05) is 15.7 Å². The van der Waals surface area contributed by atoms with Gasteiger partial charge >= 0.3 is 0 Å². The molecule has 0 aromatic heterocycles. The minimum atomic E-state index is -0.864. The van der Waals surface area contributed by atoms with E-state index in [2.05, 4.69) is 26.6 Å². The first-order chi connectivity index (χ1) is 12.9. The largest absolute Gasteiger partial charge is 0.338 e. The third kappa shape index (κ3) is 4.41. The fraction of sp³-hybridized carbons (Fsp3) is 0.364. The molecule has 5 heteroatoms. The molecule has 2 N–H and O–H groups in total. The highest BCUT2D eigenvalue weighted by Gasteiger charge is 2.41. The molecule has 0 saturated heterocycles. The van der Waals surface area contributed by atoms with E-state index in [9.17, 15) is 9.59 Å². The number of halogens is 1. The minimum absolute atomic E-state index is 0.120. The van der Waals surface area contributed by atoms with Crippen LogP contribution in [0.4, 0.5) is 5.69 Å². The number of carbonyl (C=O) groups is 2. The summed E-state index contributed by atoms with van der Waals surface area (Å²) >= 11 is 3.38. The first-order valence-corrected chi connectivity index (χ1v) is 10.2. The first-order valence-electron chi connectivity index (χ1n) is 9.37. The molecule has 2 aromatic rings. The molecule has 0 unspecified atom stereocenters. The number of rotatable bonds is 4. The molecule has 0 bridgehead atoms. The van der Waals surface area contributed by atoms with E-state index in [4.69, 9.17) is 0 Å². The summed E-state index contributed by atoms with van der Waals surface area (Å²) in [5.41, 5.74) is 2.58. The summed E-state index contributed by atoms with van der Waals surface area (Å²) in [6, 6.07) is 13.1. The van der Waals surface area contributed by atoms with Crippen LogP contribution in [0.1, 0.15) is 53.6 Å². The third-order valence-electron chi connectivity index (χ3n) is 5.32. The highest BCUT2D eigenvalue weighted by atomic mass is 79.9. The predicted molar refractivity (Wildman–Crippen MR) is 112 cm³/mol. The maximum Gasteiger partial charge on any atom is 0.252 e. The van der Waals surface area contributed by atoms with Crippen LogP contribution in [-0.2, 0) is 4.79 Å². The van der Waals surface area contributed by atoms with Gasteiger partial charge in [0.25, 0.3) is 5.91 Å². The topological polar surface area (TPSA) is 58.2 Å². The van der Waals surface area contributed by atoms with Crippen molar-refractivity contribution in [1.82, 2.24) is 5.32 Å². The molecule has 2 aromatic carbocycles. The van der Waals surface area contributed by atoms with Crippen molar-refractivity contribution in [2.75, 3.05) is 5.32 Å². The van der Waals surface area contributed by atoms with Crippen LogP contribution in [0.3, 0.4) is 0 Å². The zero-order valence-electron chi connectivity index (χ0n) is 15.8. The Hall–Kier alpha value is -2.14. The summed E-state index contributed by atoms with van der Waals surface area (Å²) in [5.74, 6) is -0.328. The zero-order chi connectivity index (χ0) is 19.4. The smallest absolute Gasteiger partial charge is 0.252 e. The van der Waals surface area contributed by atoms with Crippen molar-refractivity contribution in [3.63, 3.8) is 0 Å². The molecule has 2 amide bonds. The van der Waals surface area contributed by atoms with Crippen molar-refractivity contribution in [2.45, 2.75) is 51.5 Å². The fourth-order valence-electron chi connectivity index (χ4n) is 3.70. The highest BCUT2D eigenvalue weighted by Crippen LogP contribution is 2.31. The second-order valence-corrected chi connectivity index (χ2v) is 8.24. The lowest BCUT2D eigenvalue weighted by Gasteiger charge is -2.37. The van der Waals surface area contributed by atoms with Crippen molar-refractivity contribution in [1.29, 1.82) is 0 Å². The van der Waals surface area contributed by atoms with Crippen LogP contribution < -0.4 is 10.6 Å². The van der Waals surface area contributed by atoms with Crippen LogP contribution in [-0.4, -0.2) is 17.4 Å². The van der Waals surface area contributed by atoms with Gasteiger partial charge in [-0.15, -0.1) is 0 Å². The normalized spacial score (nSPS) is 15.8. The molecule has 1 fully saturated rings. The van der Waals surface area contributed by atoms with Gasteiger partial charge in [-0.2, -0.15) is 0 Å². The number of amides is 2. The van der Waals surface area contributed by atoms with Crippen LogP contribution in [0.15, 0.2) is 46.9 Å². The Morgan fingerprint density at radius 1 is 0.926 bits per heavy atom. The lowest BCUT2D eigenvalue weighted by Crippen LogP contribution is -2.57. The van der Waals surface area contributed by atoms with Crippen LogP contribution in [0.2, 0.25) is 0 Å². The van der Waals surface area contributed by atoms with Gasteiger partial charge < -0.3 is 10.6 Å². The van der Waals surface area contributed by atoms with E-state index in [0.717, 1.165) is 40.5 Å². The molecular weight excluding hydrogens is 404 g/mol. The summed E-state index contributed by atoms with van der Waals surface area (Å²) < 4.78 is 0.916. The molecule has 0 spiro atoms. The second kappa shape index (κ2) is 8.26. The zero-order valence-corrected chi connectivity index (χ0v) is 17.4. The van der Waals surface area contributed by atoms with Gasteiger partial charge in [-0.25, -0.2) is 0 Å². The van der Waals surface area contributed by atoms with Gasteiger partial charge in [0.15, 0.2) is 0 Å². The van der Waals surface area contributed by atoms with Crippen LogP contribution >= 0.6 is 15.9 Å². The molecule has 0 atom stereocenters. The molecule has 0 aliphatic heterocycles. The van der Waals surface area contributed by atoms with E-state index in [1.54, 1.807) is 12.1 Å². The highest BCUT2D eigenvalue weighted by molar-refractivity contribution is 9.10. The number of para-hydroxylation sites is 1. The molecule has 1 aliphatic rings. The third-order valence-corrected chi connectivity index (χ3v) is 5.85. The fourth-order valence-corrected chi connectivity index (χ4v) is 3.96. The Bertz CT molecular complexity index is 820. The van der Waals surface area contributed by atoms with Gasteiger partial charge in [-0.1, -0.05) is 53.4 Å². The quantitative estimate of drug-likeness (QED) is 0.708. The van der Waals surface area contributed by atoms with Crippen LogP contribution in [0, 0.1) is 13.8 Å². The Morgan fingerprint density at radius 3 is 2.11 bits per heavy atom. The number of carbonyl (C=O) groups excluding carboxylic acids is 2. The molecule has 0 heterocycles. The van der Waals surface area contributed by atoms with Crippen molar-refractivity contribution in [2.24, 2.45) is 0 Å². The minimum Gasteiger partial charge on any atom is -0.338 e. The summed E-state index contributed by atoms with van der Waals surface area (Å²) in [5, 5.41) is 6.15. The van der Waals surface area contributed by atoms with Crippen molar-refractivity contribution in [3.05, 3.63) is 63.6 Å². The van der Waals surface area contributed by atoms with Gasteiger partial charge in [-0.05, 0) is 62.1 Å². The first kappa shape index (κ1) is 19.6. The Kier molecular flexibility index (Phi) is 6.00. The molecule has 3 rings (SSSR count). The average Bonchev–Trinajstić information content (AvgIpc) is 2.66. The summed E-state index contributed by atoms with van der Waals surface area (Å²) in [6.07, 6.45) is 4.27. The molecule has 1 aliphatic carbocycles. The van der Waals surface area contributed by atoms with E-state index in [0.29, 0.717) is 18.4 Å². The summed E-state index contributed by atoms with van der Waals surface area (Å²) in [6.45, 7) is 3.97. The average molecular weight is 429 g/mol. The van der Waals surface area contributed by atoms with Gasteiger partial charge in [-0.3, -0.25) is 9.59 Å². The Labute approximate surface area is 168 Å². The molecule has 142 valence electrons. The lowest BCUT2D eigenvalue weighted by atomic mass is 9.80. The number of nitrogens with one attached hydrogen (secondary N) is 2. The number of anilines is 1. The van der Waals surface area contributed by atoms with Gasteiger partial charge in [0.05, 0.1) is 0 Å². The van der Waals surface area contributed by atoms with Gasteiger partial charge in [0.1, 0.15) is 5.54 Å². The Morgan fingerprint density at radius 2 is 1.52 bits per heavy atom. The summed E-state index contributed by atoms with van der Waals surface area (Å²) in [4.78, 5) is 26.1. The maximum atomic E-state index is 13.3. The van der Waals surface area contributed by atoms with E-state index in [-0.39, 0.29) is 11.8 Å². The lowest BCUT2D eigenvalue weighted by molar-refractivity contribution is -0.123. The number of hydrogen-bond acceptors (Lipinski definition) is 2. The van der Waals surface area contributed by atoms with E-state index in [1.807, 2.05) is 44.2 Å². The number of benzene rings is 2. The number of hydrogen-bond donors (Lipinski definition) is 2. The van der Waals surface area contributed by atoms with E-state index in [1.165, 1.54) is 0 Å². The second-order valence-electron chi connectivity index (χ2n) is 7.32. The molecule has 0 radical (unpaired) electrons. The molecular formula is C22H25BrN2O2. The van der Waals surface area contributed by atoms with E-state index >= 15 is 0 Å². The molecule has 4 nitrogen and oxygen atoms in total. The SMILES string of the molecule is Cc1cccc(C)c1NC(=O)C1(NC(=O)c2ccc(Br)cc2)CCCCC1. The van der Waals surface area contributed by atoms with Gasteiger partial charge in [0.2, 0.25) is 5.91 Å². The maximum absolute atomic E-state index is 13.3. The number of aryl methyl sites for hydroxylation is 2. The Balaban J connectivity index is 1.84. The van der Waals surface area contributed by atoms with Crippen molar-refractivity contribution in [3.8, 4) is 0 Å². The molecule has 1 saturated carbocycles. The standard InChI is InChI=1S/C22H25BrN2O2/c1-15-7-6-8-16(2)19(15)24-21(27)22(13-4-3-5-14-22)25-20(26)17-9-11-18(23)12-10-17/h6-12H,3-5,13-14H2,1-2H3,(H,24,27)(H,25,26). The predicted octanol–water partition coefficient (Wildman–Crippen LogP) is 5.14. The molecule has 27 heavy (non-hydrogen) atoms. The van der Waals surface area contributed by atoms with E-state index < -0.39 is 5.54 Å². The van der Waals surface area contributed by atoms with Crippen LogP contribution in [0.25, 0.3) is 0 Å². The summed E-state index contributed by atoms with van der Waals surface area (Å²) in [7, 11) is 0.